The maximum absolute atomic E-state index is 13.2. The number of hydrogen-bond acceptors (Lipinski definition) is 5. The molecule has 2 N–H and O–H groups in total. The van der Waals surface area contributed by atoms with Gasteiger partial charge in [-0.05, 0) is 45.1 Å². The van der Waals surface area contributed by atoms with E-state index in [1.54, 1.807) is 11.8 Å². The highest BCUT2D eigenvalue weighted by Gasteiger charge is 2.33. The number of aliphatic carboxylic acids is 1. The fourth-order valence-electron chi connectivity index (χ4n) is 3.90. The van der Waals surface area contributed by atoms with E-state index in [0.717, 1.165) is 24.8 Å². The highest BCUT2D eigenvalue weighted by molar-refractivity contribution is 5.84. The molecule has 1 aliphatic heterocycles. The molecule has 3 unspecified atom stereocenters. The normalized spacial score (nSPS) is 20.9. The molecule has 0 saturated carbocycles. The van der Waals surface area contributed by atoms with Gasteiger partial charge >= 0.3 is 11.9 Å². The van der Waals surface area contributed by atoms with Crippen molar-refractivity contribution in [3.8, 4) is 0 Å². The van der Waals surface area contributed by atoms with E-state index in [0.29, 0.717) is 19.3 Å². The zero-order chi connectivity index (χ0) is 21.9. The molecule has 2 rings (SSSR count). The fourth-order valence-corrected chi connectivity index (χ4v) is 3.90. The van der Waals surface area contributed by atoms with Gasteiger partial charge in [0.1, 0.15) is 6.04 Å². The van der Waals surface area contributed by atoms with Crippen LogP contribution >= 0.6 is 0 Å². The van der Waals surface area contributed by atoms with Crippen LogP contribution in [0.5, 0.6) is 0 Å². The smallest absolute Gasteiger partial charge is 0.323 e. The zero-order valence-electron chi connectivity index (χ0n) is 18.0. The molecule has 7 heteroatoms. The molecule has 1 aromatic rings. The summed E-state index contributed by atoms with van der Waals surface area (Å²) in [5.74, 6) is -1.40. The van der Waals surface area contributed by atoms with Crippen molar-refractivity contribution in [3.63, 3.8) is 0 Å². The molecule has 1 fully saturated rings. The number of carbonyl (C=O) groups excluding carboxylic acids is 2. The van der Waals surface area contributed by atoms with Crippen LogP contribution in [-0.4, -0.2) is 59.1 Å². The van der Waals surface area contributed by atoms with E-state index in [1.807, 2.05) is 37.3 Å². The second-order valence-corrected chi connectivity index (χ2v) is 7.86. The molecule has 1 saturated heterocycles. The Morgan fingerprint density at radius 1 is 1.23 bits per heavy atom. The predicted molar refractivity (Wildman–Crippen MR) is 114 cm³/mol. The van der Waals surface area contributed by atoms with Crippen LogP contribution in [0.1, 0.15) is 57.9 Å². The monoisotopic (exact) mass is 418 g/mol. The van der Waals surface area contributed by atoms with E-state index in [-0.39, 0.29) is 37.5 Å². The van der Waals surface area contributed by atoms with Crippen LogP contribution in [0.3, 0.4) is 0 Å². The number of carboxylic acid groups (broad SMARTS) is 1. The molecule has 166 valence electrons. The summed E-state index contributed by atoms with van der Waals surface area (Å²) in [4.78, 5) is 38.5. The molecule has 0 bridgehead atoms. The standard InChI is InChI=1S/C23H34N2O5/c1-3-30-23(29)20(14-13-18-10-5-4-6-11-18)24-19-12-8-7-9-17(2)25(22(19)28)16-15-21(26)27/h4-6,10-11,17,19-20,24H,3,7-9,12-16H2,1-2H3,(H,26,27). The summed E-state index contributed by atoms with van der Waals surface area (Å²) in [6.45, 7) is 4.19. The minimum absolute atomic E-state index is 0.0215. The number of likely N-dealkylation sites (tertiary alicyclic amines) is 1. The fraction of sp³-hybridized carbons (Fsp3) is 0.609. The number of ether oxygens (including phenoxy) is 1. The molecule has 1 aromatic carbocycles. The van der Waals surface area contributed by atoms with Gasteiger partial charge in [-0.15, -0.1) is 0 Å². The number of carboxylic acids is 1. The summed E-state index contributed by atoms with van der Waals surface area (Å²) in [6, 6.07) is 8.76. The molecular formula is C23H34N2O5. The molecule has 0 radical (unpaired) electrons. The van der Waals surface area contributed by atoms with Gasteiger partial charge in [-0.3, -0.25) is 19.7 Å². The molecule has 1 heterocycles. The summed E-state index contributed by atoms with van der Waals surface area (Å²) in [6.07, 6.45) is 4.45. The van der Waals surface area contributed by atoms with Crippen LogP contribution in [0.2, 0.25) is 0 Å². The highest BCUT2D eigenvalue weighted by atomic mass is 16.5. The SMILES string of the molecule is CCOC(=O)C(CCc1ccccc1)NC1CCCCC(C)N(CCC(=O)O)C1=O. The summed E-state index contributed by atoms with van der Waals surface area (Å²) in [7, 11) is 0. The number of amides is 1. The number of rotatable bonds is 10. The maximum atomic E-state index is 13.2. The van der Waals surface area contributed by atoms with Gasteiger partial charge in [0.2, 0.25) is 5.91 Å². The van der Waals surface area contributed by atoms with Crippen LogP contribution in [0.25, 0.3) is 0 Å². The molecule has 7 nitrogen and oxygen atoms in total. The van der Waals surface area contributed by atoms with Crippen molar-refractivity contribution in [2.45, 2.75) is 76.9 Å². The molecule has 1 aliphatic rings. The zero-order valence-corrected chi connectivity index (χ0v) is 18.0. The molecule has 0 aliphatic carbocycles. The first-order chi connectivity index (χ1) is 14.4. The maximum Gasteiger partial charge on any atom is 0.323 e. The number of nitrogens with zero attached hydrogens (tertiary/aromatic N) is 1. The Bertz CT molecular complexity index is 694. The van der Waals surface area contributed by atoms with Crippen molar-refractivity contribution in [3.05, 3.63) is 35.9 Å². The van der Waals surface area contributed by atoms with Gasteiger partial charge in [0, 0.05) is 12.6 Å². The minimum atomic E-state index is -0.922. The van der Waals surface area contributed by atoms with Gasteiger partial charge in [-0.2, -0.15) is 0 Å². The summed E-state index contributed by atoms with van der Waals surface area (Å²) < 4.78 is 5.25. The van der Waals surface area contributed by atoms with E-state index in [4.69, 9.17) is 9.84 Å². The van der Waals surface area contributed by atoms with Crippen molar-refractivity contribution >= 4 is 17.8 Å². The Morgan fingerprint density at radius 3 is 2.60 bits per heavy atom. The lowest BCUT2D eigenvalue weighted by molar-refractivity contribution is -0.147. The van der Waals surface area contributed by atoms with E-state index in [2.05, 4.69) is 5.32 Å². The highest BCUT2D eigenvalue weighted by Crippen LogP contribution is 2.19. The third kappa shape index (κ3) is 7.44. The molecule has 0 spiro atoms. The van der Waals surface area contributed by atoms with Crippen molar-refractivity contribution in [1.29, 1.82) is 0 Å². The number of benzene rings is 1. The lowest BCUT2D eigenvalue weighted by Gasteiger charge is -2.36. The third-order valence-corrected chi connectivity index (χ3v) is 5.58. The predicted octanol–water partition coefficient (Wildman–Crippen LogP) is 2.77. The average Bonchev–Trinajstić information content (AvgIpc) is 2.72. The van der Waals surface area contributed by atoms with E-state index < -0.39 is 18.1 Å². The van der Waals surface area contributed by atoms with Crippen molar-refractivity contribution in [2.24, 2.45) is 0 Å². The second kappa shape index (κ2) is 12.3. The average molecular weight is 419 g/mol. The molecular weight excluding hydrogens is 384 g/mol. The van der Waals surface area contributed by atoms with E-state index >= 15 is 0 Å². The third-order valence-electron chi connectivity index (χ3n) is 5.58. The largest absolute Gasteiger partial charge is 0.481 e. The van der Waals surface area contributed by atoms with Gasteiger partial charge in [0.25, 0.3) is 0 Å². The van der Waals surface area contributed by atoms with Gasteiger partial charge in [-0.1, -0.05) is 43.2 Å². The summed E-state index contributed by atoms with van der Waals surface area (Å²) in [5, 5.41) is 12.3. The Kier molecular flexibility index (Phi) is 9.80. The minimum Gasteiger partial charge on any atom is -0.481 e. The summed E-state index contributed by atoms with van der Waals surface area (Å²) in [5.41, 5.74) is 1.12. The topological polar surface area (TPSA) is 95.9 Å². The Labute approximate surface area is 178 Å². The van der Waals surface area contributed by atoms with Crippen molar-refractivity contribution < 1.29 is 24.2 Å². The molecule has 3 atom stereocenters. The first-order valence-electron chi connectivity index (χ1n) is 10.9. The quantitative estimate of drug-likeness (QED) is 0.567. The van der Waals surface area contributed by atoms with Crippen LogP contribution in [0.15, 0.2) is 30.3 Å². The molecule has 30 heavy (non-hydrogen) atoms. The first kappa shape index (κ1) is 23.9. The van der Waals surface area contributed by atoms with Gasteiger partial charge in [0.05, 0.1) is 19.1 Å². The number of hydrogen-bond donors (Lipinski definition) is 2. The number of aryl methyl sites for hydroxylation is 1. The van der Waals surface area contributed by atoms with Gasteiger partial charge in [0.15, 0.2) is 0 Å². The Hall–Kier alpha value is -2.41. The van der Waals surface area contributed by atoms with Crippen molar-refractivity contribution in [1.82, 2.24) is 10.2 Å². The number of nitrogens with one attached hydrogen (secondary N) is 1. The summed E-state index contributed by atoms with van der Waals surface area (Å²) >= 11 is 0. The second-order valence-electron chi connectivity index (χ2n) is 7.86. The lowest BCUT2D eigenvalue weighted by Crippen LogP contribution is -2.55. The van der Waals surface area contributed by atoms with Gasteiger partial charge < -0.3 is 14.7 Å². The van der Waals surface area contributed by atoms with Crippen molar-refractivity contribution in [2.75, 3.05) is 13.2 Å². The van der Waals surface area contributed by atoms with E-state index in [1.165, 1.54) is 0 Å². The van der Waals surface area contributed by atoms with Crippen LogP contribution in [0, 0.1) is 0 Å². The Balaban J connectivity index is 2.11. The van der Waals surface area contributed by atoms with E-state index in [9.17, 15) is 14.4 Å². The van der Waals surface area contributed by atoms with Crippen LogP contribution < -0.4 is 5.32 Å². The first-order valence-corrected chi connectivity index (χ1v) is 10.9. The van der Waals surface area contributed by atoms with Crippen LogP contribution in [0.4, 0.5) is 0 Å². The molecule has 1 amide bonds. The number of carbonyl (C=O) groups is 3. The van der Waals surface area contributed by atoms with Gasteiger partial charge in [-0.25, -0.2) is 0 Å². The Morgan fingerprint density at radius 2 is 1.93 bits per heavy atom. The van der Waals surface area contributed by atoms with Crippen LogP contribution in [-0.2, 0) is 25.5 Å². The number of esters is 1. The molecule has 0 aromatic heterocycles. The lowest BCUT2D eigenvalue weighted by atomic mass is 9.97.